The molecule has 0 amide bonds. The molecule has 0 spiro atoms. The average Bonchev–Trinajstić information content (AvgIpc) is 3.71. The first kappa shape index (κ1) is 26.0. The molecule has 1 aliphatic heterocycles. The van der Waals surface area contributed by atoms with E-state index in [1.165, 1.54) is 12.1 Å². The predicted molar refractivity (Wildman–Crippen MR) is 153 cm³/mol. The monoisotopic (exact) mass is 556 g/mol. The SMILES string of the molecule is Cc1nccn1-c1ccc(OCCSc2ncc(C(C)(C)c3ccc4c(c3)OCO4)n2-c2ccc(F)cc2)cc1. The van der Waals surface area contributed by atoms with Crippen LogP contribution in [0.3, 0.4) is 0 Å². The van der Waals surface area contributed by atoms with Gasteiger partial charge < -0.3 is 18.8 Å². The molecule has 3 heterocycles. The van der Waals surface area contributed by atoms with Crippen LogP contribution in [0, 0.1) is 12.7 Å². The predicted octanol–water partition coefficient (Wildman–Crippen LogP) is 6.73. The van der Waals surface area contributed by atoms with Crippen LogP contribution in [-0.4, -0.2) is 38.3 Å². The Hall–Kier alpha value is -4.24. The first-order valence-corrected chi connectivity index (χ1v) is 14.0. The summed E-state index contributed by atoms with van der Waals surface area (Å²) in [5, 5.41) is 0.810. The fraction of sp³-hybridized carbons (Fsp3) is 0.226. The summed E-state index contributed by atoms with van der Waals surface area (Å²) in [6.45, 7) is 7.00. The summed E-state index contributed by atoms with van der Waals surface area (Å²) >= 11 is 1.60. The lowest BCUT2D eigenvalue weighted by molar-refractivity contribution is 0.174. The van der Waals surface area contributed by atoms with Gasteiger partial charge in [-0.2, -0.15) is 0 Å². The minimum atomic E-state index is -0.424. The number of aryl methyl sites for hydroxylation is 1. The van der Waals surface area contributed by atoms with Gasteiger partial charge in [0.1, 0.15) is 17.4 Å². The number of ether oxygens (including phenoxy) is 3. The molecule has 7 nitrogen and oxygen atoms in total. The number of hydrogen-bond acceptors (Lipinski definition) is 6. The Kier molecular flexibility index (Phi) is 6.98. The largest absolute Gasteiger partial charge is 0.493 e. The maximum atomic E-state index is 13.8. The zero-order chi connectivity index (χ0) is 27.7. The summed E-state index contributed by atoms with van der Waals surface area (Å²) < 4.78 is 35.1. The third kappa shape index (κ3) is 5.04. The molecular formula is C31H29FN4O3S. The van der Waals surface area contributed by atoms with Gasteiger partial charge in [-0.1, -0.05) is 31.7 Å². The van der Waals surface area contributed by atoms with E-state index in [9.17, 15) is 4.39 Å². The van der Waals surface area contributed by atoms with Gasteiger partial charge in [0, 0.05) is 34.9 Å². The van der Waals surface area contributed by atoms with Gasteiger partial charge in [-0.25, -0.2) is 14.4 Å². The Bertz CT molecular complexity index is 1630. The van der Waals surface area contributed by atoms with E-state index >= 15 is 0 Å². The van der Waals surface area contributed by atoms with Crippen LogP contribution in [0.1, 0.15) is 30.9 Å². The van der Waals surface area contributed by atoms with Crippen molar-refractivity contribution < 1.29 is 18.6 Å². The number of nitrogens with zero attached hydrogens (tertiary/aromatic N) is 4. The lowest BCUT2D eigenvalue weighted by Crippen LogP contribution is -2.23. The van der Waals surface area contributed by atoms with Crippen molar-refractivity contribution in [1.29, 1.82) is 0 Å². The fourth-order valence-corrected chi connectivity index (χ4v) is 5.61. The molecule has 3 aromatic carbocycles. The van der Waals surface area contributed by atoms with Gasteiger partial charge >= 0.3 is 0 Å². The third-order valence-corrected chi connectivity index (χ3v) is 7.99. The van der Waals surface area contributed by atoms with Crippen LogP contribution in [0.25, 0.3) is 11.4 Å². The molecule has 5 aromatic rings. The van der Waals surface area contributed by atoms with Gasteiger partial charge in [0.15, 0.2) is 16.7 Å². The lowest BCUT2D eigenvalue weighted by Gasteiger charge is -2.27. The van der Waals surface area contributed by atoms with E-state index < -0.39 is 5.41 Å². The third-order valence-electron chi connectivity index (χ3n) is 7.07. The zero-order valence-corrected chi connectivity index (χ0v) is 23.3. The first-order valence-electron chi connectivity index (χ1n) is 13.0. The van der Waals surface area contributed by atoms with Crippen molar-refractivity contribution in [2.24, 2.45) is 0 Å². The van der Waals surface area contributed by atoms with Crippen molar-refractivity contribution in [2.75, 3.05) is 19.2 Å². The summed E-state index contributed by atoms with van der Waals surface area (Å²) in [4.78, 5) is 9.06. The van der Waals surface area contributed by atoms with E-state index in [-0.39, 0.29) is 12.6 Å². The molecule has 0 saturated carbocycles. The smallest absolute Gasteiger partial charge is 0.231 e. The van der Waals surface area contributed by atoms with Crippen molar-refractivity contribution in [3.8, 4) is 28.6 Å². The van der Waals surface area contributed by atoms with E-state index in [1.54, 1.807) is 30.1 Å². The number of hydrogen-bond donors (Lipinski definition) is 0. The van der Waals surface area contributed by atoms with Crippen LogP contribution < -0.4 is 14.2 Å². The van der Waals surface area contributed by atoms with E-state index in [1.807, 2.05) is 60.3 Å². The van der Waals surface area contributed by atoms with Crippen LogP contribution in [-0.2, 0) is 5.41 Å². The molecule has 0 N–H and O–H groups in total. The van der Waals surface area contributed by atoms with Crippen LogP contribution >= 0.6 is 11.8 Å². The van der Waals surface area contributed by atoms with Gasteiger partial charge in [-0.15, -0.1) is 0 Å². The van der Waals surface area contributed by atoms with Crippen LogP contribution in [0.2, 0.25) is 0 Å². The van der Waals surface area contributed by atoms with Gasteiger partial charge in [-0.05, 0) is 73.2 Å². The van der Waals surface area contributed by atoms with Crippen LogP contribution in [0.4, 0.5) is 4.39 Å². The number of imidazole rings is 2. The highest BCUT2D eigenvalue weighted by Gasteiger charge is 2.31. The lowest BCUT2D eigenvalue weighted by atomic mass is 9.81. The molecule has 6 rings (SSSR count). The molecule has 9 heteroatoms. The van der Waals surface area contributed by atoms with Gasteiger partial charge in [-0.3, -0.25) is 4.57 Å². The first-order chi connectivity index (χ1) is 19.4. The Morgan fingerprint density at radius 1 is 0.950 bits per heavy atom. The molecule has 204 valence electrons. The minimum absolute atomic E-state index is 0.226. The Balaban J connectivity index is 1.20. The second-order valence-electron chi connectivity index (χ2n) is 9.97. The number of aromatic nitrogens is 4. The van der Waals surface area contributed by atoms with E-state index in [0.717, 1.165) is 50.9 Å². The second kappa shape index (κ2) is 10.7. The van der Waals surface area contributed by atoms with Gasteiger partial charge in [0.05, 0.1) is 18.5 Å². The van der Waals surface area contributed by atoms with Crippen molar-refractivity contribution in [3.05, 3.63) is 108 Å². The standard InChI is InChI=1S/C31H29FN4O3S/c1-21-33-14-15-35(21)24-9-11-26(12-10-24)37-16-17-40-30-34-19-29(36(30)25-7-5-23(32)6-8-25)31(2,3)22-4-13-27-28(18-22)39-20-38-27/h4-15,18-19H,16-17,20H2,1-3H3. The van der Waals surface area contributed by atoms with E-state index in [2.05, 4.69) is 29.5 Å². The number of rotatable bonds is 9. The molecule has 0 fully saturated rings. The highest BCUT2D eigenvalue weighted by molar-refractivity contribution is 7.99. The summed E-state index contributed by atoms with van der Waals surface area (Å²) in [7, 11) is 0. The summed E-state index contributed by atoms with van der Waals surface area (Å²) in [5.41, 5.74) is 3.50. The highest BCUT2D eigenvalue weighted by Crippen LogP contribution is 2.41. The highest BCUT2D eigenvalue weighted by atomic mass is 32.2. The van der Waals surface area contributed by atoms with Crippen molar-refractivity contribution in [2.45, 2.75) is 31.3 Å². The molecule has 0 saturated heterocycles. The minimum Gasteiger partial charge on any atom is -0.493 e. The molecule has 0 bridgehead atoms. The Labute approximate surface area is 236 Å². The van der Waals surface area contributed by atoms with Crippen LogP contribution in [0.15, 0.2) is 90.5 Å². The maximum absolute atomic E-state index is 13.8. The van der Waals surface area contributed by atoms with Crippen LogP contribution in [0.5, 0.6) is 17.2 Å². The number of halogens is 1. The van der Waals surface area contributed by atoms with Crippen molar-refractivity contribution >= 4 is 11.8 Å². The van der Waals surface area contributed by atoms with Gasteiger partial charge in [0.25, 0.3) is 0 Å². The van der Waals surface area contributed by atoms with E-state index in [0.29, 0.717) is 12.4 Å². The molecule has 2 aromatic heterocycles. The number of benzene rings is 3. The molecule has 0 radical (unpaired) electrons. The molecule has 40 heavy (non-hydrogen) atoms. The molecule has 0 atom stereocenters. The molecule has 0 aliphatic carbocycles. The summed E-state index contributed by atoms with van der Waals surface area (Å²) in [6, 6.07) is 20.5. The van der Waals surface area contributed by atoms with Crippen molar-refractivity contribution in [3.63, 3.8) is 0 Å². The fourth-order valence-electron chi connectivity index (χ4n) is 4.80. The molecule has 1 aliphatic rings. The molecule has 0 unspecified atom stereocenters. The number of thioether (sulfide) groups is 1. The average molecular weight is 557 g/mol. The zero-order valence-electron chi connectivity index (χ0n) is 22.5. The number of fused-ring (bicyclic) bond motifs is 1. The molecular weight excluding hydrogens is 527 g/mol. The Morgan fingerprint density at radius 2 is 1.70 bits per heavy atom. The topological polar surface area (TPSA) is 63.3 Å². The quantitative estimate of drug-likeness (QED) is 0.148. The summed E-state index contributed by atoms with van der Waals surface area (Å²) in [5.74, 6) is 3.62. The second-order valence-corrected chi connectivity index (χ2v) is 11.0. The Morgan fingerprint density at radius 3 is 2.45 bits per heavy atom. The maximum Gasteiger partial charge on any atom is 0.231 e. The van der Waals surface area contributed by atoms with Crippen molar-refractivity contribution in [1.82, 2.24) is 19.1 Å². The van der Waals surface area contributed by atoms with Gasteiger partial charge in [0.2, 0.25) is 6.79 Å². The normalized spacial score (nSPS) is 12.6. The van der Waals surface area contributed by atoms with E-state index in [4.69, 9.17) is 19.2 Å². The summed E-state index contributed by atoms with van der Waals surface area (Å²) in [6.07, 6.45) is 5.62.